The summed E-state index contributed by atoms with van der Waals surface area (Å²) in [7, 11) is 0. The Bertz CT molecular complexity index is 475. The molecule has 1 saturated carbocycles. The first-order valence-electron chi connectivity index (χ1n) is 6.51. The van der Waals surface area contributed by atoms with Crippen molar-refractivity contribution in [2.75, 3.05) is 0 Å². The van der Waals surface area contributed by atoms with Crippen molar-refractivity contribution in [2.45, 2.75) is 44.9 Å². The van der Waals surface area contributed by atoms with E-state index in [1.54, 1.807) is 12.1 Å². The van der Waals surface area contributed by atoms with E-state index >= 15 is 0 Å². The fourth-order valence-corrected chi connectivity index (χ4v) is 3.91. The molecule has 5 heteroatoms. The van der Waals surface area contributed by atoms with E-state index < -0.39 is 5.97 Å². The second kappa shape index (κ2) is 6.06. The van der Waals surface area contributed by atoms with Gasteiger partial charge in [-0.2, -0.15) is 0 Å². The Morgan fingerprint density at radius 1 is 1.21 bits per heavy atom. The zero-order valence-electron chi connectivity index (χ0n) is 10.7. The fourth-order valence-electron chi connectivity index (χ4n) is 2.93. The molecule has 1 aromatic rings. The molecule has 1 N–H and O–H groups in total. The van der Waals surface area contributed by atoms with Gasteiger partial charge in [0.1, 0.15) is 0 Å². The lowest BCUT2D eigenvalue weighted by Gasteiger charge is -2.35. The monoisotopic (exact) mass is 300 g/mol. The minimum absolute atomic E-state index is 0.0278. The van der Waals surface area contributed by atoms with E-state index in [-0.39, 0.29) is 17.6 Å². The summed E-state index contributed by atoms with van der Waals surface area (Å²) in [6, 6.07) is 3.44. The Balaban J connectivity index is 2.11. The molecule has 0 aliphatic heterocycles. The first-order chi connectivity index (χ1) is 9.01. The highest BCUT2D eigenvalue weighted by atomic mass is 35.5. The van der Waals surface area contributed by atoms with Crippen LogP contribution in [0.25, 0.3) is 0 Å². The Kier molecular flexibility index (Phi) is 4.63. The second-order valence-corrected chi connectivity index (χ2v) is 7.05. The van der Waals surface area contributed by atoms with Gasteiger partial charge in [0.2, 0.25) is 0 Å². The van der Waals surface area contributed by atoms with Crippen LogP contribution < -0.4 is 0 Å². The lowest BCUT2D eigenvalue weighted by atomic mass is 9.69. The summed E-state index contributed by atoms with van der Waals surface area (Å²) in [5.74, 6) is -0.779. The van der Waals surface area contributed by atoms with Gasteiger partial charge in [-0.3, -0.25) is 9.59 Å². The van der Waals surface area contributed by atoms with E-state index in [1.165, 1.54) is 11.3 Å². The number of rotatable bonds is 5. The van der Waals surface area contributed by atoms with Crippen molar-refractivity contribution < 1.29 is 14.7 Å². The number of hydrogen-bond acceptors (Lipinski definition) is 3. The van der Waals surface area contributed by atoms with Gasteiger partial charge in [0.05, 0.1) is 15.6 Å². The Morgan fingerprint density at radius 3 is 2.42 bits per heavy atom. The molecule has 0 saturated heterocycles. The van der Waals surface area contributed by atoms with Crippen LogP contribution in [0, 0.1) is 5.41 Å². The van der Waals surface area contributed by atoms with Gasteiger partial charge in [-0.25, -0.2) is 0 Å². The third-order valence-electron chi connectivity index (χ3n) is 3.82. The first-order valence-corrected chi connectivity index (χ1v) is 7.71. The highest BCUT2D eigenvalue weighted by Crippen LogP contribution is 2.43. The third-order valence-corrected chi connectivity index (χ3v) is 5.10. The third kappa shape index (κ3) is 3.80. The number of ketones is 1. The van der Waals surface area contributed by atoms with Crippen molar-refractivity contribution in [3.05, 3.63) is 21.3 Å². The molecule has 0 radical (unpaired) electrons. The van der Waals surface area contributed by atoms with Gasteiger partial charge in [0.25, 0.3) is 0 Å². The highest BCUT2D eigenvalue weighted by molar-refractivity contribution is 7.18. The summed E-state index contributed by atoms with van der Waals surface area (Å²) < 4.78 is 0.597. The maximum atomic E-state index is 12.3. The van der Waals surface area contributed by atoms with Crippen LogP contribution in [0.1, 0.15) is 54.6 Å². The molecule has 0 bridgehead atoms. The molecule has 0 aromatic carbocycles. The van der Waals surface area contributed by atoms with Crippen LogP contribution in [0.2, 0.25) is 4.34 Å². The highest BCUT2D eigenvalue weighted by Gasteiger charge is 2.36. The summed E-state index contributed by atoms with van der Waals surface area (Å²) in [5, 5.41) is 9.09. The van der Waals surface area contributed by atoms with E-state index in [0.29, 0.717) is 15.6 Å². The van der Waals surface area contributed by atoms with Crippen LogP contribution in [-0.4, -0.2) is 16.9 Å². The number of carboxylic acids is 1. The average molecular weight is 301 g/mol. The standard InChI is InChI=1S/C14H17ClO3S/c15-12-5-4-11(19-12)10(16)8-14(9-13(17)18)6-2-1-3-7-14/h4-5H,1-3,6-9H2,(H,17,18). The molecular formula is C14H17ClO3S. The molecule has 2 rings (SSSR count). The van der Waals surface area contributed by atoms with Crippen LogP contribution in [0.3, 0.4) is 0 Å². The van der Waals surface area contributed by atoms with Gasteiger partial charge in [0.15, 0.2) is 5.78 Å². The van der Waals surface area contributed by atoms with Crippen molar-refractivity contribution in [1.29, 1.82) is 0 Å². The van der Waals surface area contributed by atoms with E-state index in [9.17, 15) is 9.59 Å². The molecule has 1 heterocycles. The maximum absolute atomic E-state index is 12.3. The van der Waals surface area contributed by atoms with Crippen LogP contribution in [0.5, 0.6) is 0 Å². The minimum atomic E-state index is -0.807. The van der Waals surface area contributed by atoms with Crippen molar-refractivity contribution in [2.24, 2.45) is 5.41 Å². The van der Waals surface area contributed by atoms with Crippen LogP contribution in [-0.2, 0) is 4.79 Å². The summed E-state index contributed by atoms with van der Waals surface area (Å²) in [6.45, 7) is 0. The number of Topliss-reactive ketones (excluding diaryl/α,β-unsaturated/α-hetero) is 1. The molecule has 0 atom stereocenters. The predicted octanol–water partition coefficient (Wildman–Crippen LogP) is 4.40. The summed E-state index contributed by atoms with van der Waals surface area (Å²) in [6.07, 6.45) is 5.28. The lowest BCUT2D eigenvalue weighted by molar-refractivity contribution is -0.140. The number of carbonyl (C=O) groups excluding carboxylic acids is 1. The molecule has 0 amide bonds. The van der Waals surface area contributed by atoms with Crippen molar-refractivity contribution in [3.63, 3.8) is 0 Å². The van der Waals surface area contributed by atoms with Gasteiger partial charge in [-0.15, -0.1) is 11.3 Å². The first kappa shape index (κ1) is 14.5. The fraction of sp³-hybridized carbons (Fsp3) is 0.571. The summed E-state index contributed by atoms with van der Waals surface area (Å²) >= 11 is 7.11. The van der Waals surface area contributed by atoms with Crippen molar-refractivity contribution in [1.82, 2.24) is 0 Å². The Labute approximate surface area is 121 Å². The lowest BCUT2D eigenvalue weighted by Crippen LogP contribution is -2.30. The number of hydrogen-bond donors (Lipinski definition) is 1. The Hall–Kier alpha value is -0.870. The van der Waals surface area contributed by atoms with Gasteiger partial charge < -0.3 is 5.11 Å². The van der Waals surface area contributed by atoms with Gasteiger partial charge >= 0.3 is 5.97 Å². The van der Waals surface area contributed by atoms with Crippen LogP contribution >= 0.6 is 22.9 Å². The molecule has 0 unspecified atom stereocenters. The van der Waals surface area contributed by atoms with Crippen LogP contribution in [0.15, 0.2) is 12.1 Å². The topological polar surface area (TPSA) is 54.4 Å². The van der Waals surface area contributed by atoms with E-state index in [4.69, 9.17) is 16.7 Å². The normalized spacial score (nSPS) is 18.2. The molecule has 1 aromatic heterocycles. The molecule has 3 nitrogen and oxygen atoms in total. The van der Waals surface area contributed by atoms with Gasteiger partial charge in [0, 0.05) is 6.42 Å². The number of thiophene rings is 1. The second-order valence-electron chi connectivity index (χ2n) is 5.33. The zero-order valence-corrected chi connectivity index (χ0v) is 12.2. The van der Waals surface area contributed by atoms with E-state index in [2.05, 4.69) is 0 Å². The van der Waals surface area contributed by atoms with Crippen molar-refractivity contribution in [3.8, 4) is 0 Å². The molecule has 0 spiro atoms. The zero-order chi connectivity index (χ0) is 13.9. The summed E-state index contributed by atoms with van der Waals surface area (Å²) in [5.41, 5.74) is -0.350. The molecule has 1 fully saturated rings. The maximum Gasteiger partial charge on any atom is 0.303 e. The van der Waals surface area contributed by atoms with E-state index in [1.807, 2.05) is 0 Å². The molecule has 104 valence electrons. The molecule has 1 aliphatic rings. The molecular weight excluding hydrogens is 284 g/mol. The number of halogens is 1. The predicted molar refractivity (Wildman–Crippen MR) is 76.0 cm³/mol. The summed E-state index contributed by atoms with van der Waals surface area (Å²) in [4.78, 5) is 24.0. The SMILES string of the molecule is O=C(O)CC1(CC(=O)c2ccc(Cl)s2)CCCCC1. The number of carbonyl (C=O) groups is 2. The van der Waals surface area contributed by atoms with Gasteiger partial charge in [-0.05, 0) is 30.4 Å². The molecule has 1 aliphatic carbocycles. The average Bonchev–Trinajstić information content (AvgIpc) is 2.76. The van der Waals surface area contributed by atoms with Crippen LogP contribution in [0.4, 0.5) is 0 Å². The molecule has 19 heavy (non-hydrogen) atoms. The van der Waals surface area contributed by atoms with E-state index in [0.717, 1.165) is 32.1 Å². The minimum Gasteiger partial charge on any atom is -0.481 e. The number of carboxylic acid groups (broad SMARTS) is 1. The largest absolute Gasteiger partial charge is 0.481 e. The van der Waals surface area contributed by atoms with Crippen molar-refractivity contribution >= 4 is 34.7 Å². The van der Waals surface area contributed by atoms with Gasteiger partial charge in [-0.1, -0.05) is 30.9 Å². The quantitative estimate of drug-likeness (QED) is 0.820. The smallest absolute Gasteiger partial charge is 0.303 e. The number of aliphatic carboxylic acids is 1. The Morgan fingerprint density at radius 2 is 1.89 bits per heavy atom.